The predicted octanol–water partition coefficient (Wildman–Crippen LogP) is 1.53. The van der Waals surface area contributed by atoms with Crippen molar-refractivity contribution in [1.82, 2.24) is 9.97 Å². The Morgan fingerprint density at radius 2 is 2.42 bits per heavy atom. The summed E-state index contributed by atoms with van der Waals surface area (Å²) in [6.45, 7) is 0. The van der Waals surface area contributed by atoms with Gasteiger partial charge in [-0.1, -0.05) is 11.8 Å². The highest BCUT2D eigenvalue weighted by atomic mass is 32.2. The molecule has 0 saturated carbocycles. The van der Waals surface area contributed by atoms with E-state index in [4.69, 9.17) is 10.2 Å². The van der Waals surface area contributed by atoms with Crippen LogP contribution in [0.3, 0.4) is 0 Å². The molecule has 0 aliphatic heterocycles. The largest absolute Gasteiger partial charge is 0.427 e. The fraction of sp³-hybridized carbons (Fsp3) is 0.143. The lowest BCUT2D eigenvalue weighted by atomic mass is 10.4. The van der Waals surface area contributed by atoms with E-state index in [1.54, 1.807) is 12.3 Å². The maximum Gasteiger partial charge on any atom is 0.258 e. The van der Waals surface area contributed by atoms with Crippen LogP contribution in [0.2, 0.25) is 0 Å². The quantitative estimate of drug-likeness (QED) is 0.676. The molecule has 0 amide bonds. The van der Waals surface area contributed by atoms with E-state index in [2.05, 4.69) is 9.97 Å². The number of hydrogen-bond donors (Lipinski definition) is 1. The van der Waals surface area contributed by atoms with Gasteiger partial charge >= 0.3 is 0 Å². The summed E-state index contributed by atoms with van der Waals surface area (Å²) >= 11 is 1.43. The third-order valence-corrected chi connectivity index (χ3v) is 2.00. The van der Waals surface area contributed by atoms with E-state index in [0.717, 1.165) is 0 Å². The van der Waals surface area contributed by atoms with Gasteiger partial charge in [0.05, 0.1) is 5.69 Å². The molecule has 0 aliphatic carbocycles. The normalized spacial score (nSPS) is 10.8. The lowest BCUT2D eigenvalue weighted by Crippen LogP contribution is -1.85. The van der Waals surface area contributed by atoms with Crippen LogP contribution in [0, 0.1) is 0 Å². The number of oxazole rings is 1. The van der Waals surface area contributed by atoms with Gasteiger partial charge in [0, 0.05) is 6.20 Å². The van der Waals surface area contributed by atoms with Gasteiger partial charge < -0.3 is 10.2 Å². The molecule has 0 unspecified atom stereocenters. The summed E-state index contributed by atoms with van der Waals surface area (Å²) in [4.78, 5) is 8.11. The average Bonchev–Trinajstić information content (AvgIpc) is 2.49. The van der Waals surface area contributed by atoms with Gasteiger partial charge in [-0.15, -0.1) is 0 Å². The van der Waals surface area contributed by atoms with Crippen LogP contribution < -0.4 is 5.73 Å². The minimum atomic E-state index is 0.569. The first-order valence-corrected chi connectivity index (χ1v) is 4.59. The number of thioether (sulfide) groups is 1. The number of anilines is 1. The molecule has 62 valence electrons. The molecule has 2 aromatic heterocycles. The second-order valence-corrected chi connectivity index (χ2v) is 2.99. The topological polar surface area (TPSA) is 64.9 Å². The molecule has 4 nitrogen and oxygen atoms in total. The summed E-state index contributed by atoms with van der Waals surface area (Å²) in [5.74, 6) is 0. The van der Waals surface area contributed by atoms with E-state index in [0.29, 0.717) is 22.1 Å². The maximum atomic E-state index is 5.64. The molecule has 2 aromatic rings. The van der Waals surface area contributed by atoms with Gasteiger partial charge in [-0.3, -0.25) is 0 Å². The fourth-order valence-corrected chi connectivity index (χ4v) is 1.26. The average molecular weight is 181 g/mol. The standard InChI is InChI=1S/C7H7N3OS/c1-12-7-10-6-5(11-7)4(8)2-3-9-6/h2-3H,1H3,(H2,8,9). The van der Waals surface area contributed by atoms with Gasteiger partial charge in [0.25, 0.3) is 5.22 Å². The Bertz CT molecular complexity index is 412. The van der Waals surface area contributed by atoms with Gasteiger partial charge in [-0.05, 0) is 12.3 Å². The van der Waals surface area contributed by atoms with Crippen molar-refractivity contribution in [2.45, 2.75) is 5.22 Å². The Morgan fingerprint density at radius 1 is 1.58 bits per heavy atom. The third-order valence-electron chi connectivity index (χ3n) is 1.48. The monoisotopic (exact) mass is 181 g/mol. The van der Waals surface area contributed by atoms with Crippen molar-refractivity contribution in [3.05, 3.63) is 12.3 Å². The summed E-state index contributed by atoms with van der Waals surface area (Å²) in [6.07, 6.45) is 3.51. The highest BCUT2D eigenvalue weighted by Gasteiger charge is 2.07. The molecule has 0 fully saturated rings. The first-order valence-electron chi connectivity index (χ1n) is 3.36. The van der Waals surface area contributed by atoms with E-state index < -0.39 is 0 Å². The Balaban J connectivity index is 2.74. The molecule has 0 atom stereocenters. The van der Waals surface area contributed by atoms with Crippen LogP contribution in [0.5, 0.6) is 0 Å². The van der Waals surface area contributed by atoms with Crippen LogP contribution in [0.25, 0.3) is 11.2 Å². The molecule has 5 heteroatoms. The summed E-state index contributed by atoms with van der Waals surface area (Å²) in [5, 5.41) is 0.593. The molecule has 0 bridgehead atoms. The predicted molar refractivity (Wildman–Crippen MR) is 48.0 cm³/mol. The second-order valence-electron chi connectivity index (χ2n) is 2.24. The van der Waals surface area contributed by atoms with Crippen molar-refractivity contribution >= 4 is 28.7 Å². The smallest absolute Gasteiger partial charge is 0.258 e. The SMILES string of the molecule is CSc1nc2nccc(N)c2o1. The van der Waals surface area contributed by atoms with Crippen LogP contribution in [0.4, 0.5) is 5.69 Å². The van der Waals surface area contributed by atoms with E-state index in [-0.39, 0.29) is 0 Å². The van der Waals surface area contributed by atoms with E-state index in [9.17, 15) is 0 Å². The van der Waals surface area contributed by atoms with E-state index in [1.165, 1.54) is 11.8 Å². The van der Waals surface area contributed by atoms with Crippen molar-refractivity contribution in [3.8, 4) is 0 Å². The summed E-state index contributed by atoms with van der Waals surface area (Å²) < 4.78 is 5.31. The maximum absolute atomic E-state index is 5.64. The highest BCUT2D eigenvalue weighted by Crippen LogP contribution is 2.23. The minimum absolute atomic E-state index is 0.569. The zero-order valence-electron chi connectivity index (χ0n) is 6.44. The molecule has 2 N–H and O–H groups in total. The zero-order chi connectivity index (χ0) is 8.55. The van der Waals surface area contributed by atoms with E-state index in [1.807, 2.05) is 6.26 Å². The summed E-state index contributed by atoms with van der Waals surface area (Å²) in [6, 6.07) is 1.69. The molecule has 2 rings (SSSR count). The zero-order valence-corrected chi connectivity index (χ0v) is 7.26. The molecular formula is C7H7N3OS. The number of nitrogens with zero attached hydrogens (tertiary/aromatic N) is 2. The van der Waals surface area contributed by atoms with Gasteiger partial charge in [0.2, 0.25) is 5.65 Å². The Labute approximate surface area is 73.2 Å². The van der Waals surface area contributed by atoms with Crippen molar-refractivity contribution in [1.29, 1.82) is 0 Å². The lowest BCUT2D eigenvalue weighted by Gasteiger charge is -1.89. The Morgan fingerprint density at radius 3 is 3.08 bits per heavy atom. The number of hydrogen-bond acceptors (Lipinski definition) is 5. The molecule has 0 saturated heterocycles. The molecule has 2 heterocycles. The Kier molecular flexibility index (Phi) is 1.65. The number of aromatic nitrogens is 2. The molecule has 0 spiro atoms. The molecule has 12 heavy (non-hydrogen) atoms. The molecule has 0 aromatic carbocycles. The molecule has 0 aliphatic rings. The van der Waals surface area contributed by atoms with Crippen LogP contribution in [0.1, 0.15) is 0 Å². The van der Waals surface area contributed by atoms with Gasteiger partial charge in [0.1, 0.15) is 0 Å². The van der Waals surface area contributed by atoms with Crippen molar-refractivity contribution in [2.24, 2.45) is 0 Å². The van der Waals surface area contributed by atoms with Crippen LogP contribution in [0.15, 0.2) is 21.9 Å². The first-order chi connectivity index (χ1) is 5.81. The van der Waals surface area contributed by atoms with Gasteiger partial charge in [0.15, 0.2) is 5.58 Å². The number of nitrogens with two attached hydrogens (primary N) is 1. The van der Waals surface area contributed by atoms with Crippen molar-refractivity contribution in [3.63, 3.8) is 0 Å². The number of fused-ring (bicyclic) bond motifs is 1. The number of pyridine rings is 1. The van der Waals surface area contributed by atoms with Crippen molar-refractivity contribution in [2.75, 3.05) is 12.0 Å². The highest BCUT2D eigenvalue weighted by molar-refractivity contribution is 7.98. The number of nitrogen functional groups attached to an aromatic ring is 1. The second kappa shape index (κ2) is 2.67. The summed E-state index contributed by atoms with van der Waals surface area (Å²) in [7, 11) is 0. The summed E-state index contributed by atoms with van der Waals surface area (Å²) in [5.41, 5.74) is 7.36. The van der Waals surface area contributed by atoms with Crippen LogP contribution in [-0.2, 0) is 0 Å². The van der Waals surface area contributed by atoms with Gasteiger partial charge in [-0.2, -0.15) is 4.98 Å². The Hall–Kier alpha value is -1.23. The van der Waals surface area contributed by atoms with Crippen molar-refractivity contribution < 1.29 is 4.42 Å². The van der Waals surface area contributed by atoms with E-state index >= 15 is 0 Å². The molecule has 0 radical (unpaired) electrons. The van der Waals surface area contributed by atoms with Crippen LogP contribution >= 0.6 is 11.8 Å². The van der Waals surface area contributed by atoms with Gasteiger partial charge in [-0.25, -0.2) is 4.98 Å². The molecular weight excluding hydrogens is 174 g/mol. The lowest BCUT2D eigenvalue weighted by molar-refractivity contribution is 0.491. The minimum Gasteiger partial charge on any atom is -0.427 e. The third kappa shape index (κ3) is 1.02. The van der Waals surface area contributed by atoms with Crippen LogP contribution in [-0.4, -0.2) is 16.2 Å². The fourth-order valence-electron chi connectivity index (χ4n) is 0.920. The number of rotatable bonds is 1. The first kappa shape index (κ1) is 7.42.